The fourth-order valence-electron chi connectivity index (χ4n) is 2.52. The van der Waals surface area contributed by atoms with E-state index in [1.54, 1.807) is 6.92 Å². The van der Waals surface area contributed by atoms with Gasteiger partial charge in [-0.25, -0.2) is 4.79 Å². The number of carbonyl (C=O) groups is 1. The summed E-state index contributed by atoms with van der Waals surface area (Å²) in [5.74, 6) is -0.370. The molecule has 1 N–H and O–H groups in total. The molecule has 1 aliphatic carbocycles. The average Bonchev–Trinajstić information content (AvgIpc) is 3.07. The van der Waals surface area contributed by atoms with Crippen molar-refractivity contribution in [2.24, 2.45) is 5.92 Å². The number of carboxylic acid groups (broad SMARTS) is 1. The van der Waals surface area contributed by atoms with Crippen molar-refractivity contribution in [1.29, 1.82) is 0 Å². The Bertz CT molecular complexity index is 493. The van der Waals surface area contributed by atoms with Crippen molar-refractivity contribution < 1.29 is 9.90 Å². The molecule has 104 valence electrons. The van der Waals surface area contributed by atoms with Crippen LogP contribution >= 0.6 is 0 Å². The molecule has 0 aromatic carbocycles. The van der Waals surface area contributed by atoms with E-state index in [1.165, 1.54) is 0 Å². The third-order valence-corrected chi connectivity index (χ3v) is 3.38. The lowest BCUT2D eigenvalue weighted by molar-refractivity contribution is 0.0696. The molecule has 4 heteroatoms. The molecule has 2 rings (SSSR count). The molecule has 1 heterocycles. The van der Waals surface area contributed by atoms with Crippen molar-refractivity contribution in [1.82, 2.24) is 4.98 Å². The van der Waals surface area contributed by atoms with Crippen molar-refractivity contribution in [3.63, 3.8) is 0 Å². The molecule has 0 bridgehead atoms. The summed E-state index contributed by atoms with van der Waals surface area (Å²) in [5.41, 5.74) is 2.69. The number of anilines is 1. The lowest BCUT2D eigenvalue weighted by Crippen LogP contribution is -2.31. The zero-order chi connectivity index (χ0) is 14.2. The number of rotatable bonds is 5. The number of aromatic nitrogens is 1. The molecule has 4 nitrogen and oxygen atoms in total. The highest BCUT2D eigenvalue weighted by Gasteiger charge is 2.32. The molecule has 1 aromatic rings. The maximum Gasteiger partial charge on any atom is 0.339 e. The number of nitrogens with zero attached hydrogens (tertiary/aromatic N) is 2. The summed E-state index contributed by atoms with van der Waals surface area (Å²) in [5, 5.41) is 9.46. The predicted octanol–water partition coefficient (Wildman–Crippen LogP) is 3.02. The Hall–Kier alpha value is -1.58. The van der Waals surface area contributed by atoms with E-state index < -0.39 is 5.97 Å². The van der Waals surface area contributed by atoms with Crippen LogP contribution in [0.5, 0.6) is 0 Å². The third-order valence-electron chi connectivity index (χ3n) is 3.38. The normalized spacial score (nSPS) is 14.8. The molecule has 0 aliphatic heterocycles. The van der Waals surface area contributed by atoms with Gasteiger partial charge in [0.2, 0.25) is 0 Å². The van der Waals surface area contributed by atoms with Crippen LogP contribution in [-0.2, 0) is 0 Å². The summed E-state index contributed by atoms with van der Waals surface area (Å²) in [7, 11) is 0. The van der Waals surface area contributed by atoms with Gasteiger partial charge in [-0.2, -0.15) is 0 Å². The Kier molecular flexibility index (Phi) is 3.78. The largest absolute Gasteiger partial charge is 0.478 e. The van der Waals surface area contributed by atoms with Crippen LogP contribution in [0.3, 0.4) is 0 Å². The first-order chi connectivity index (χ1) is 8.90. The Morgan fingerprint density at radius 2 is 2.11 bits per heavy atom. The van der Waals surface area contributed by atoms with Gasteiger partial charge < -0.3 is 10.0 Å². The maximum absolute atomic E-state index is 11.5. The standard InChI is InChI=1S/C15H22N2O2/c1-9(2)8-17(12-5-6-12)13-7-10(3)16-11(4)14(13)15(18)19/h7,9,12H,5-6,8H2,1-4H3,(H,18,19). The van der Waals surface area contributed by atoms with E-state index in [4.69, 9.17) is 0 Å². The number of hydrogen-bond acceptors (Lipinski definition) is 3. The first-order valence-electron chi connectivity index (χ1n) is 6.88. The summed E-state index contributed by atoms with van der Waals surface area (Å²) in [6, 6.07) is 2.42. The van der Waals surface area contributed by atoms with Crippen LogP contribution in [-0.4, -0.2) is 28.6 Å². The summed E-state index contributed by atoms with van der Waals surface area (Å²) in [6.07, 6.45) is 2.32. The molecule has 1 aromatic heterocycles. The minimum absolute atomic E-state index is 0.359. The lowest BCUT2D eigenvalue weighted by Gasteiger charge is -2.28. The van der Waals surface area contributed by atoms with Gasteiger partial charge in [-0.15, -0.1) is 0 Å². The molecule has 19 heavy (non-hydrogen) atoms. The average molecular weight is 262 g/mol. The maximum atomic E-state index is 11.5. The SMILES string of the molecule is Cc1cc(N(CC(C)C)C2CC2)c(C(=O)O)c(C)n1. The molecule has 1 aliphatic rings. The highest BCUT2D eigenvalue weighted by Crippen LogP contribution is 2.35. The van der Waals surface area contributed by atoms with Gasteiger partial charge in [0.05, 0.1) is 11.4 Å². The number of aromatic carboxylic acids is 1. The number of aryl methyl sites for hydroxylation is 2. The highest BCUT2D eigenvalue weighted by molar-refractivity contribution is 5.95. The minimum Gasteiger partial charge on any atom is -0.478 e. The van der Waals surface area contributed by atoms with Crippen LogP contribution in [0.4, 0.5) is 5.69 Å². The second-order valence-corrected chi connectivity index (χ2v) is 5.83. The van der Waals surface area contributed by atoms with Crippen LogP contribution in [0, 0.1) is 19.8 Å². The molecule has 0 spiro atoms. The van der Waals surface area contributed by atoms with Gasteiger partial charge in [0.15, 0.2) is 0 Å². The molecule has 0 unspecified atom stereocenters. The highest BCUT2D eigenvalue weighted by atomic mass is 16.4. The topological polar surface area (TPSA) is 53.4 Å². The van der Waals surface area contributed by atoms with Crippen LogP contribution in [0.25, 0.3) is 0 Å². The third kappa shape index (κ3) is 3.06. The van der Waals surface area contributed by atoms with E-state index in [0.29, 0.717) is 23.2 Å². The summed E-state index contributed by atoms with van der Waals surface area (Å²) in [4.78, 5) is 18.1. The van der Waals surface area contributed by atoms with Gasteiger partial charge >= 0.3 is 5.97 Å². The zero-order valence-electron chi connectivity index (χ0n) is 12.1. The van der Waals surface area contributed by atoms with E-state index in [0.717, 1.165) is 30.8 Å². The predicted molar refractivity (Wildman–Crippen MR) is 75.9 cm³/mol. The molecular formula is C15H22N2O2. The second-order valence-electron chi connectivity index (χ2n) is 5.83. The second kappa shape index (κ2) is 5.19. The quantitative estimate of drug-likeness (QED) is 0.886. The van der Waals surface area contributed by atoms with E-state index in [9.17, 15) is 9.90 Å². The molecule has 1 saturated carbocycles. The Labute approximate surface area is 114 Å². The number of hydrogen-bond donors (Lipinski definition) is 1. The Morgan fingerprint density at radius 1 is 1.47 bits per heavy atom. The first-order valence-corrected chi connectivity index (χ1v) is 6.88. The van der Waals surface area contributed by atoms with Gasteiger partial charge in [0.25, 0.3) is 0 Å². The lowest BCUT2D eigenvalue weighted by atomic mass is 10.1. The van der Waals surface area contributed by atoms with E-state index in [2.05, 4.69) is 23.7 Å². The molecular weight excluding hydrogens is 240 g/mol. The zero-order valence-corrected chi connectivity index (χ0v) is 12.1. The van der Waals surface area contributed by atoms with Crippen molar-refractivity contribution in [2.45, 2.75) is 46.6 Å². The van der Waals surface area contributed by atoms with Gasteiger partial charge in [-0.1, -0.05) is 13.8 Å². The van der Waals surface area contributed by atoms with Crippen molar-refractivity contribution in [2.75, 3.05) is 11.4 Å². The fraction of sp³-hybridized carbons (Fsp3) is 0.600. The molecule has 0 atom stereocenters. The van der Waals surface area contributed by atoms with Crippen LogP contribution in [0.1, 0.15) is 48.4 Å². The van der Waals surface area contributed by atoms with E-state index >= 15 is 0 Å². The van der Waals surface area contributed by atoms with Crippen molar-refractivity contribution >= 4 is 11.7 Å². The van der Waals surface area contributed by atoms with Gasteiger partial charge in [-0.05, 0) is 38.7 Å². The first kappa shape index (κ1) is 13.8. The molecule has 1 fully saturated rings. The van der Waals surface area contributed by atoms with E-state index in [1.807, 2.05) is 13.0 Å². The summed E-state index contributed by atoms with van der Waals surface area (Å²) in [6.45, 7) is 8.92. The van der Waals surface area contributed by atoms with Gasteiger partial charge in [0.1, 0.15) is 5.56 Å². The van der Waals surface area contributed by atoms with Gasteiger partial charge in [-0.3, -0.25) is 4.98 Å². The number of pyridine rings is 1. The van der Waals surface area contributed by atoms with Crippen LogP contribution < -0.4 is 4.90 Å². The Balaban J connectivity index is 2.48. The molecule has 0 amide bonds. The summed E-state index contributed by atoms with van der Waals surface area (Å²) < 4.78 is 0. The molecule has 0 saturated heterocycles. The smallest absolute Gasteiger partial charge is 0.339 e. The van der Waals surface area contributed by atoms with Gasteiger partial charge in [0, 0.05) is 18.3 Å². The summed E-state index contributed by atoms with van der Waals surface area (Å²) >= 11 is 0. The fourth-order valence-corrected chi connectivity index (χ4v) is 2.52. The van der Waals surface area contributed by atoms with Crippen LogP contribution in [0.15, 0.2) is 6.07 Å². The van der Waals surface area contributed by atoms with E-state index in [-0.39, 0.29) is 0 Å². The Morgan fingerprint density at radius 3 is 2.58 bits per heavy atom. The van der Waals surface area contributed by atoms with Crippen LogP contribution in [0.2, 0.25) is 0 Å². The van der Waals surface area contributed by atoms with Crippen molar-refractivity contribution in [3.8, 4) is 0 Å². The number of carboxylic acids is 1. The monoisotopic (exact) mass is 262 g/mol. The minimum atomic E-state index is -0.880. The molecule has 0 radical (unpaired) electrons. The van der Waals surface area contributed by atoms with Crippen molar-refractivity contribution in [3.05, 3.63) is 23.0 Å².